The van der Waals surface area contributed by atoms with Crippen LogP contribution >= 0.6 is 0 Å². The molecule has 0 atom stereocenters. The zero-order chi connectivity index (χ0) is 12.3. The van der Waals surface area contributed by atoms with Crippen molar-refractivity contribution in [2.75, 3.05) is 26.2 Å². The summed E-state index contributed by atoms with van der Waals surface area (Å²) in [5, 5.41) is 0. The maximum absolute atomic E-state index is 12.7. The molecule has 0 aromatic carbocycles. The van der Waals surface area contributed by atoms with Crippen molar-refractivity contribution in [1.82, 2.24) is 14.2 Å². The van der Waals surface area contributed by atoms with Crippen molar-refractivity contribution in [2.45, 2.75) is 6.54 Å². The maximum Gasteiger partial charge on any atom is 0.374 e. The Balaban J connectivity index is 1.88. The molecule has 0 bridgehead atoms. The number of aromatic nitrogens is 1. The van der Waals surface area contributed by atoms with Gasteiger partial charge in [-0.3, -0.25) is 9.88 Å². The average Bonchev–Trinajstić information content (AvgIpc) is 2.30. The van der Waals surface area contributed by atoms with Crippen LogP contribution in [-0.2, 0) is 17.0 Å². The Kier molecular flexibility index (Phi) is 3.70. The van der Waals surface area contributed by atoms with Crippen molar-refractivity contribution in [3.63, 3.8) is 0 Å². The minimum atomic E-state index is -4.53. The van der Waals surface area contributed by atoms with Gasteiger partial charge in [0.05, 0.1) is 0 Å². The fourth-order valence-electron chi connectivity index (χ4n) is 1.85. The summed E-state index contributed by atoms with van der Waals surface area (Å²) in [6, 6.07) is 3.83. The fourth-order valence-corrected chi connectivity index (χ4v) is 2.45. The van der Waals surface area contributed by atoms with Crippen molar-refractivity contribution < 1.29 is 12.3 Å². The molecule has 1 aliphatic heterocycles. The minimum Gasteiger partial charge on any atom is -0.296 e. The van der Waals surface area contributed by atoms with Gasteiger partial charge in [0.1, 0.15) is 0 Å². The SMILES string of the molecule is O=S(=O)(F)N1CCN(Cc2ccncc2)CC1. The Hall–Kier alpha value is -1.05. The molecule has 1 fully saturated rings. The second kappa shape index (κ2) is 5.07. The van der Waals surface area contributed by atoms with Gasteiger partial charge in [0.15, 0.2) is 0 Å². The van der Waals surface area contributed by atoms with Crippen LogP contribution in [0, 0.1) is 0 Å². The third-order valence-electron chi connectivity index (χ3n) is 2.80. The molecule has 1 aliphatic rings. The van der Waals surface area contributed by atoms with E-state index in [1.165, 1.54) is 0 Å². The summed E-state index contributed by atoms with van der Waals surface area (Å²) in [4.78, 5) is 6.02. The van der Waals surface area contributed by atoms with Gasteiger partial charge in [-0.2, -0.15) is 12.7 Å². The molecule has 94 valence electrons. The molecule has 1 saturated heterocycles. The lowest BCUT2D eigenvalue weighted by atomic mass is 10.2. The van der Waals surface area contributed by atoms with Gasteiger partial charge < -0.3 is 0 Å². The molecule has 0 unspecified atom stereocenters. The van der Waals surface area contributed by atoms with Crippen LogP contribution in [0.1, 0.15) is 5.56 Å². The molecule has 2 rings (SSSR count). The molecule has 1 aromatic rings. The first-order valence-corrected chi connectivity index (χ1v) is 6.71. The lowest BCUT2D eigenvalue weighted by Gasteiger charge is -2.31. The van der Waals surface area contributed by atoms with Crippen LogP contribution in [0.3, 0.4) is 0 Å². The van der Waals surface area contributed by atoms with Gasteiger partial charge in [-0.1, -0.05) is 3.89 Å². The zero-order valence-electron chi connectivity index (χ0n) is 9.29. The zero-order valence-corrected chi connectivity index (χ0v) is 10.1. The summed E-state index contributed by atoms with van der Waals surface area (Å²) in [7, 11) is -4.53. The highest BCUT2D eigenvalue weighted by Crippen LogP contribution is 2.11. The van der Waals surface area contributed by atoms with Gasteiger partial charge in [0.25, 0.3) is 0 Å². The summed E-state index contributed by atoms with van der Waals surface area (Å²) in [6.45, 7) is 2.26. The molecule has 2 heterocycles. The van der Waals surface area contributed by atoms with Gasteiger partial charge in [0, 0.05) is 45.1 Å². The Morgan fingerprint density at radius 2 is 1.76 bits per heavy atom. The van der Waals surface area contributed by atoms with Crippen molar-refractivity contribution in [3.8, 4) is 0 Å². The topological polar surface area (TPSA) is 53.5 Å². The van der Waals surface area contributed by atoms with E-state index in [1.54, 1.807) is 12.4 Å². The average molecular weight is 259 g/mol. The fraction of sp³-hybridized carbons (Fsp3) is 0.500. The van der Waals surface area contributed by atoms with Gasteiger partial charge in [-0.25, -0.2) is 0 Å². The first-order valence-electron chi connectivity index (χ1n) is 5.37. The number of rotatable bonds is 3. The van der Waals surface area contributed by atoms with Crippen molar-refractivity contribution in [1.29, 1.82) is 0 Å². The van der Waals surface area contributed by atoms with Crippen molar-refractivity contribution in [2.24, 2.45) is 0 Å². The van der Waals surface area contributed by atoms with Crippen LogP contribution in [0.5, 0.6) is 0 Å². The highest BCUT2D eigenvalue weighted by Gasteiger charge is 2.26. The van der Waals surface area contributed by atoms with E-state index < -0.39 is 10.4 Å². The summed E-state index contributed by atoms with van der Waals surface area (Å²) in [6.07, 6.45) is 3.44. The normalized spacial score (nSPS) is 19.4. The lowest BCUT2D eigenvalue weighted by molar-refractivity contribution is 0.177. The molecule has 0 spiro atoms. The second-order valence-electron chi connectivity index (χ2n) is 3.97. The second-order valence-corrected chi connectivity index (χ2v) is 5.31. The molecule has 17 heavy (non-hydrogen) atoms. The largest absolute Gasteiger partial charge is 0.374 e. The third kappa shape index (κ3) is 3.45. The number of hydrogen-bond donors (Lipinski definition) is 0. The maximum atomic E-state index is 12.7. The van der Waals surface area contributed by atoms with Gasteiger partial charge in [0.2, 0.25) is 0 Å². The minimum absolute atomic E-state index is 0.212. The summed E-state index contributed by atoms with van der Waals surface area (Å²) in [5.74, 6) is 0. The molecular formula is C10H14FN3O2S. The van der Waals surface area contributed by atoms with E-state index >= 15 is 0 Å². The molecular weight excluding hydrogens is 245 g/mol. The number of halogens is 1. The number of piperazine rings is 1. The van der Waals surface area contributed by atoms with E-state index in [9.17, 15) is 12.3 Å². The number of pyridine rings is 1. The van der Waals surface area contributed by atoms with E-state index in [2.05, 4.69) is 9.88 Å². The molecule has 5 nitrogen and oxygen atoms in total. The Morgan fingerprint density at radius 3 is 2.29 bits per heavy atom. The Bertz CT molecular complexity index is 458. The lowest BCUT2D eigenvalue weighted by Crippen LogP contribution is -2.47. The van der Waals surface area contributed by atoms with E-state index in [0.29, 0.717) is 13.1 Å². The van der Waals surface area contributed by atoms with Crippen LogP contribution in [0.2, 0.25) is 0 Å². The van der Waals surface area contributed by atoms with Crippen molar-refractivity contribution in [3.05, 3.63) is 30.1 Å². The molecule has 0 amide bonds. The Morgan fingerprint density at radius 1 is 1.18 bits per heavy atom. The highest BCUT2D eigenvalue weighted by molar-refractivity contribution is 7.83. The third-order valence-corrected chi connectivity index (χ3v) is 3.78. The predicted octanol–water partition coefficient (Wildman–Crippen LogP) is 0.413. The standard InChI is InChI=1S/C10H14FN3O2S/c11-17(15,16)14-7-5-13(6-8-14)9-10-1-3-12-4-2-10/h1-4H,5-9H2. The van der Waals surface area contributed by atoms with E-state index in [0.717, 1.165) is 16.4 Å². The van der Waals surface area contributed by atoms with Gasteiger partial charge >= 0.3 is 10.4 Å². The van der Waals surface area contributed by atoms with Crippen molar-refractivity contribution >= 4 is 10.4 Å². The molecule has 0 radical (unpaired) electrons. The van der Waals surface area contributed by atoms with Gasteiger partial charge in [-0.05, 0) is 17.7 Å². The first-order chi connectivity index (χ1) is 8.05. The molecule has 0 aliphatic carbocycles. The summed E-state index contributed by atoms with van der Waals surface area (Å²) >= 11 is 0. The quantitative estimate of drug-likeness (QED) is 0.738. The Labute approximate surface area is 100 Å². The van der Waals surface area contributed by atoms with E-state index in [4.69, 9.17) is 0 Å². The smallest absolute Gasteiger partial charge is 0.296 e. The van der Waals surface area contributed by atoms with Crippen LogP contribution in [0.4, 0.5) is 3.89 Å². The molecule has 7 heteroatoms. The van der Waals surface area contributed by atoms with Crippen LogP contribution < -0.4 is 0 Å². The van der Waals surface area contributed by atoms with E-state index in [-0.39, 0.29) is 13.1 Å². The first kappa shape index (κ1) is 12.4. The number of nitrogens with zero attached hydrogens (tertiary/aromatic N) is 3. The molecule has 0 saturated carbocycles. The van der Waals surface area contributed by atoms with Crippen LogP contribution in [0.25, 0.3) is 0 Å². The predicted molar refractivity (Wildman–Crippen MR) is 61.1 cm³/mol. The highest BCUT2D eigenvalue weighted by atomic mass is 32.3. The van der Waals surface area contributed by atoms with Crippen LogP contribution in [-0.4, -0.2) is 48.8 Å². The number of hydrogen-bond acceptors (Lipinski definition) is 4. The molecule has 1 aromatic heterocycles. The van der Waals surface area contributed by atoms with Crippen LogP contribution in [0.15, 0.2) is 24.5 Å². The summed E-state index contributed by atoms with van der Waals surface area (Å²) < 4.78 is 34.9. The summed E-state index contributed by atoms with van der Waals surface area (Å²) in [5.41, 5.74) is 1.12. The monoisotopic (exact) mass is 259 g/mol. The van der Waals surface area contributed by atoms with Gasteiger partial charge in [-0.15, -0.1) is 0 Å². The molecule has 0 N–H and O–H groups in total. The van der Waals surface area contributed by atoms with E-state index in [1.807, 2.05) is 12.1 Å².